The molecule has 0 aromatic heterocycles. The molecule has 0 bridgehead atoms. The first-order valence-electron chi connectivity index (χ1n) is 20.1. The van der Waals surface area contributed by atoms with E-state index in [9.17, 15) is 48.9 Å². The van der Waals surface area contributed by atoms with Gasteiger partial charge in [-0.05, 0) is 13.0 Å². The van der Waals surface area contributed by atoms with Crippen LogP contribution in [-0.4, -0.2) is 165 Å². The number of phenolic OH excluding ortho intramolecular Hbond substituents is 2. The third-order valence-corrected chi connectivity index (χ3v) is 14.0. The summed E-state index contributed by atoms with van der Waals surface area (Å²) in [6.45, 7) is 2.26. The molecule has 0 saturated carbocycles. The molecule has 2 aromatic rings. The van der Waals surface area contributed by atoms with E-state index < -0.39 is 130 Å². The SMILES string of the molecule is COc1cccc2c1C(=O)c1c(O)c3c(c(O)c1C2=O)C[C@@](O)(C(=O)CSC1CC(=O)N(CCN2C(=O)C=CC2=O)C1=O)C[C@@H]3O[C@H]1C[C@H]2[C@H](O[C@@H]3[C@@H](OC)OCCN32)[C@H](C)O1. The molecule has 0 spiro atoms. The molecule has 3 N–H and O–H groups in total. The molecule has 7 aliphatic rings. The summed E-state index contributed by atoms with van der Waals surface area (Å²) in [5, 5.41) is 35.4. The summed E-state index contributed by atoms with van der Waals surface area (Å²) in [4.78, 5) is 96.6. The predicted molar refractivity (Wildman–Crippen MR) is 210 cm³/mol. The number of phenols is 2. The Hall–Kier alpha value is -5.06. The summed E-state index contributed by atoms with van der Waals surface area (Å²) in [6.07, 6.45) is -3.56. The van der Waals surface area contributed by atoms with Crippen molar-refractivity contribution in [3.8, 4) is 17.2 Å². The fourth-order valence-corrected chi connectivity index (χ4v) is 10.9. The number of likely N-dealkylation sites (tertiary alicyclic amines) is 1. The number of morpholine rings is 1. The van der Waals surface area contributed by atoms with Gasteiger partial charge in [0.25, 0.3) is 11.8 Å². The molecule has 4 saturated heterocycles. The second-order valence-electron chi connectivity index (χ2n) is 16.2. The lowest BCUT2D eigenvalue weighted by molar-refractivity contribution is -0.256. The van der Waals surface area contributed by atoms with Crippen molar-refractivity contribution in [3.63, 3.8) is 0 Å². The zero-order chi connectivity index (χ0) is 43.9. The number of carbonyl (C=O) groups is 7. The van der Waals surface area contributed by atoms with Gasteiger partial charge in [0, 0.05) is 87.3 Å². The van der Waals surface area contributed by atoms with Crippen LogP contribution in [0.3, 0.4) is 0 Å². The Bertz CT molecular complexity index is 2330. The van der Waals surface area contributed by atoms with E-state index in [-0.39, 0.29) is 60.0 Å². The first-order valence-corrected chi connectivity index (χ1v) is 21.2. The lowest BCUT2D eigenvalue weighted by atomic mass is 9.72. The minimum Gasteiger partial charge on any atom is -0.507 e. The molecule has 2 aromatic carbocycles. The largest absolute Gasteiger partial charge is 0.507 e. The van der Waals surface area contributed by atoms with Crippen LogP contribution in [0.5, 0.6) is 17.2 Å². The summed E-state index contributed by atoms with van der Waals surface area (Å²) in [5.74, 6) is -6.55. The van der Waals surface area contributed by atoms with Crippen LogP contribution < -0.4 is 4.74 Å². The van der Waals surface area contributed by atoms with E-state index >= 15 is 0 Å². The maximum Gasteiger partial charge on any atom is 0.253 e. The molecule has 5 heterocycles. The van der Waals surface area contributed by atoms with Gasteiger partial charge in [-0.2, -0.15) is 0 Å². The van der Waals surface area contributed by atoms with E-state index in [1.165, 1.54) is 32.4 Å². The average molecular weight is 878 g/mol. The minimum absolute atomic E-state index is 0.0723. The van der Waals surface area contributed by atoms with Crippen LogP contribution in [0.4, 0.5) is 0 Å². The summed E-state index contributed by atoms with van der Waals surface area (Å²) >= 11 is 0.818. The van der Waals surface area contributed by atoms with E-state index in [2.05, 4.69) is 4.90 Å². The fraction of sp³-hybridized carbons (Fsp3) is 0.500. The minimum atomic E-state index is -2.33. The maximum absolute atomic E-state index is 14.2. The quantitative estimate of drug-likeness (QED) is 0.175. The number of nitrogens with zero attached hydrogens (tertiary/aromatic N) is 3. The molecule has 4 fully saturated rings. The van der Waals surface area contributed by atoms with Crippen molar-refractivity contribution in [3.05, 3.63) is 63.7 Å². The number of Topliss-reactive ketones (excluding diaryl/α,β-unsaturated/α-hetero) is 1. The molecule has 4 amide bonds. The Kier molecular flexibility index (Phi) is 10.9. The highest BCUT2D eigenvalue weighted by molar-refractivity contribution is 8.01. The summed E-state index contributed by atoms with van der Waals surface area (Å²) < 4.78 is 35.9. The molecule has 2 aliphatic carbocycles. The van der Waals surface area contributed by atoms with Gasteiger partial charge in [-0.15, -0.1) is 11.8 Å². The molecular weight excluding hydrogens is 835 g/mol. The number of aromatic hydroxyl groups is 2. The number of ether oxygens (including phenoxy) is 6. The molecule has 5 aliphatic heterocycles. The van der Waals surface area contributed by atoms with Crippen LogP contribution in [0.2, 0.25) is 0 Å². The van der Waals surface area contributed by atoms with Gasteiger partial charge >= 0.3 is 0 Å². The Morgan fingerprint density at radius 3 is 2.40 bits per heavy atom. The number of hydrogen-bond donors (Lipinski definition) is 3. The fourth-order valence-electron chi connectivity index (χ4n) is 9.72. The van der Waals surface area contributed by atoms with E-state index in [4.69, 9.17) is 28.4 Å². The van der Waals surface area contributed by atoms with Gasteiger partial charge in [0.1, 0.15) is 29.0 Å². The third-order valence-electron chi connectivity index (χ3n) is 12.8. The number of rotatable bonds is 11. The van der Waals surface area contributed by atoms with Crippen LogP contribution >= 0.6 is 11.8 Å². The number of amides is 4. The van der Waals surface area contributed by atoms with Crippen LogP contribution in [0, 0.1) is 0 Å². The predicted octanol–water partition coefficient (Wildman–Crippen LogP) is 0.505. The van der Waals surface area contributed by atoms with Gasteiger partial charge in [0.2, 0.25) is 17.6 Å². The Morgan fingerprint density at radius 1 is 0.952 bits per heavy atom. The van der Waals surface area contributed by atoms with E-state index in [1.54, 1.807) is 6.92 Å². The van der Waals surface area contributed by atoms with Crippen LogP contribution in [0.15, 0.2) is 30.4 Å². The standard InChI is InChI=1S/C42H43N3O16S/c1-18-38-21(43-11-12-58-41(57-3)40(43)61-38)13-29(59-18)60-23-16-42(55,25(46)17-62-24-14-28(49)45(39(24)54)10-9-44-26(47)7-8-27(44)48)15-20-31(23)37(53)33-32(35(20)51)34(50)19-5-4-6-22(56-2)30(19)36(33)52/h4-8,18,21,23-24,29,38,40-41,51,53,55H,9-17H2,1-3H3/t18-,21-,23-,24?,29-,38+,40+,41-,42-/m0/s1. The number of methoxy groups -OCH3 is 2. The number of imide groups is 2. The molecular formula is C42H43N3O16S. The van der Waals surface area contributed by atoms with Gasteiger partial charge in [0.05, 0.1) is 53.6 Å². The van der Waals surface area contributed by atoms with Gasteiger partial charge in [-0.3, -0.25) is 48.3 Å². The summed E-state index contributed by atoms with van der Waals surface area (Å²) in [5.41, 5.74) is -3.85. The van der Waals surface area contributed by atoms with E-state index in [1.807, 2.05) is 0 Å². The summed E-state index contributed by atoms with van der Waals surface area (Å²) in [7, 11) is 2.84. The first kappa shape index (κ1) is 42.3. The number of ketones is 3. The number of carbonyl (C=O) groups excluding carboxylic acids is 7. The second-order valence-corrected chi connectivity index (χ2v) is 17.4. The monoisotopic (exact) mass is 877 g/mol. The highest BCUT2D eigenvalue weighted by Crippen LogP contribution is 2.53. The topological polar surface area (TPSA) is 245 Å². The second kappa shape index (κ2) is 15.9. The highest BCUT2D eigenvalue weighted by atomic mass is 32.2. The zero-order valence-corrected chi connectivity index (χ0v) is 34.6. The third kappa shape index (κ3) is 6.75. The molecule has 20 heteroatoms. The van der Waals surface area contributed by atoms with Gasteiger partial charge in [-0.25, -0.2) is 0 Å². The van der Waals surface area contributed by atoms with Crippen LogP contribution in [-0.2, 0) is 54.1 Å². The smallest absolute Gasteiger partial charge is 0.253 e. The lowest BCUT2D eigenvalue weighted by Crippen LogP contribution is -2.55. The van der Waals surface area contributed by atoms with Crippen molar-refractivity contribution < 1.29 is 77.3 Å². The first-order chi connectivity index (χ1) is 29.6. The molecule has 1 unspecified atom stereocenters. The molecule has 9 atom stereocenters. The number of aliphatic hydroxyl groups is 1. The molecule has 0 radical (unpaired) electrons. The normalized spacial score (nSPS) is 31.6. The Balaban J connectivity index is 1.01. The Labute approximate surface area is 357 Å². The number of fused-ring (bicyclic) bond motifs is 6. The maximum atomic E-state index is 14.2. The molecule has 9 rings (SSSR count). The van der Waals surface area contributed by atoms with Crippen molar-refractivity contribution in [1.82, 2.24) is 14.7 Å². The molecule has 19 nitrogen and oxygen atoms in total. The van der Waals surface area contributed by atoms with Crippen molar-refractivity contribution in [2.24, 2.45) is 0 Å². The number of hydrogen-bond acceptors (Lipinski definition) is 18. The van der Waals surface area contributed by atoms with Crippen LogP contribution in [0.25, 0.3) is 0 Å². The van der Waals surface area contributed by atoms with Gasteiger partial charge in [0.15, 0.2) is 30.4 Å². The van der Waals surface area contributed by atoms with E-state index in [0.717, 1.165) is 33.7 Å². The lowest BCUT2D eigenvalue weighted by Gasteiger charge is -2.43. The van der Waals surface area contributed by atoms with Gasteiger partial charge in [-0.1, -0.05) is 12.1 Å². The van der Waals surface area contributed by atoms with Crippen molar-refractivity contribution >= 4 is 52.7 Å². The van der Waals surface area contributed by atoms with Crippen molar-refractivity contribution in [2.45, 2.75) is 86.6 Å². The highest BCUT2D eigenvalue weighted by Gasteiger charge is 2.55. The molecule has 62 heavy (non-hydrogen) atoms. The summed E-state index contributed by atoms with van der Waals surface area (Å²) in [6, 6.07) is 4.12. The van der Waals surface area contributed by atoms with Gasteiger partial charge < -0.3 is 43.7 Å². The number of benzene rings is 2. The van der Waals surface area contributed by atoms with Crippen molar-refractivity contribution in [1.29, 1.82) is 0 Å². The van der Waals surface area contributed by atoms with E-state index in [0.29, 0.717) is 13.2 Å². The number of thioether (sulfide) groups is 1. The molecule has 328 valence electrons. The Morgan fingerprint density at radius 2 is 1.68 bits per heavy atom. The van der Waals surface area contributed by atoms with Crippen molar-refractivity contribution in [2.75, 3.05) is 46.2 Å². The average Bonchev–Trinajstić information content (AvgIpc) is 3.89. The zero-order valence-electron chi connectivity index (χ0n) is 33.8. The van der Waals surface area contributed by atoms with Crippen LogP contribution in [0.1, 0.15) is 75.3 Å².